The molecule has 414 valence electrons. The monoisotopic (exact) mass is 1010 g/mol. The third kappa shape index (κ3) is 58.6. The van der Waals surface area contributed by atoms with Crippen LogP contribution in [0.5, 0.6) is 0 Å². The van der Waals surface area contributed by atoms with E-state index < -0.39 is 6.10 Å². The Balaban J connectivity index is 4.34. The standard InChI is InChI=1S/C67H110O6/c1-4-7-10-13-16-19-22-24-26-28-29-30-31-32-33-34-35-36-37-39-40-42-45-48-51-54-57-60-66(69)72-63-64(62-71-65(68)59-56-53-50-47-44-21-18-15-12-9-6-3)73-67(70)61-58-55-52-49-46-43-41-38-27-25-23-20-17-14-11-8-5-2/h7-8,10-11,16-17,19-20,24-27,29-30,32-33,35-36,41,43,64H,4-6,9,12-15,18,21-23,28,31,34,37-40,42,44-63H2,1-3H3/b10-7-,11-8-,19-16-,20-17-,26-24-,27-25-,30-29-,33-32-,36-35-,43-41-. The van der Waals surface area contributed by atoms with Crippen LogP contribution in [0.2, 0.25) is 0 Å². The maximum atomic E-state index is 12.9. The van der Waals surface area contributed by atoms with Gasteiger partial charge in [0.15, 0.2) is 6.10 Å². The lowest BCUT2D eigenvalue weighted by Crippen LogP contribution is -2.30. The van der Waals surface area contributed by atoms with Crippen molar-refractivity contribution in [1.82, 2.24) is 0 Å². The first kappa shape index (κ1) is 68.8. The normalized spacial score (nSPS) is 13.0. The van der Waals surface area contributed by atoms with Crippen molar-refractivity contribution in [2.45, 2.75) is 271 Å². The summed E-state index contributed by atoms with van der Waals surface area (Å²) in [5.41, 5.74) is 0. The van der Waals surface area contributed by atoms with Crippen LogP contribution >= 0.6 is 0 Å². The van der Waals surface area contributed by atoms with Gasteiger partial charge in [-0.25, -0.2) is 0 Å². The lowest BCUT2D eigenvalue weighted by Gasteiger charge is -2.18. The van der Waals surface area contributed by atoms with Gasteiger partial charge in [-0.15, -0.1) is 0 Å². The van der Waals surface area contributed by atoms with Crippen molar-refractivity contribution >= 4 is 17.9 Å². The molecule has 0 amide bonds. The average Bonchev–Trinajstić information content (AvgIpc) is 3.39. The molecule has 0 N–H and O–H groups in total. The maximum absolute atomic E-state index is 12.9. The number of rotatable bonds is 53. The van der Waals surface area contributed by atoms with Crippen LogP contribution in [0.1, 0.15) is 265 Å². The van der Waals surface area contributed by atoms with Crippen molar-refractivity contribution in [3.8, 4) is 0 Å². The zero-order chi connectivity index (χ0) is 52.9. The summed E-state index contributed by atoms with van der Waals surface area (Å²) in [6.07, 6.45) is 83.4. The van der Waals surface area contributed by atoms with Crippen LogP contribution in [0.3, 0.4) is 0 Å². The van der Waals surface area contributed by atoms with Gasteiger partial charge in [0.2, 0.25) is 0 Å². The number of hydrogen-bond acceptors (Lipinski definition) is 6. The molecule has 0 aromatic carbocycles. The molecule has 0 bridgehead atoms. The molecule has 6 heteroatoms. The third-order valence-corrected chi connectivity index (χ3v) is 12.5. The minimum Gasteiger partial charge on any atom is -0.462 e. The van der Waals surface area contributed by atoms with Gasteiger partial charge in [0, 0.05) is 19.3 Å². The van der Waals surface area contributed by atoms with Gasteiger partial charge in [0.1, 0.15) is 13.2 Å². The molecule has 0 aromatic heterocycles. The van der Waals surface area contributed by atoms with Crippen molar-refractivity contribution in [3.05, 3.63) is 122 Å². The number of unbranched alkanes of at least 4 members (excludes halogenated alkanes) is 22. The van der Waals surface area contributed by atoms with Gasteiger partial charge in [0.25, 0.3) is 0 Å². The molecule has 0 aliphatic heterocycles. The van der Waals surface area contributed by atoms with E-state index in [1.165, 1.54) is 83.5 Å². The lowest BCUT2D eigenvalue weighted by atomic mass is 10.1. The SMILES string of the molecule is CC/C=C\C/C=C\C/C=C\C/C=C\C/C=C\C/C=C\CCCCCCCCCCC(=O)OCC(COC(=O)CCCCCCCCCCCCC)OC(=O)CCCCCC/C=C\C/C=C\C/C=C\C/C=C\CC. The van der Waals surface area contributed by atoms with Gasteiger partial charge in [-0.05, 0) is 109 Å². The third-order valence-electron chi connectivity index (χ3n) is 12.5. The van der Waals surface area contributed by atoms with E-state index in [-0.39, 0.29) is 31.1 Å². The summed E-state index contributed by atoms with van der Waals surface area (Å²) < 4.78 is 16.8. The lowest BCUT2D eigenvalue weighted by molar-refractivity contribution is -0.167. The highest BCUT2D eigenvalue weighted by atomic mass is 16.6. The van der Waals surface area contributed by atoms with E-state index in [1.54, 1.807) is 0 Å². The Bertz CT molecular complexity index is 1540. The van der Waals surface area contributed by atoms with Crippen molar-refractivity contribution in [1.29, 1.82) is 0 Å². The Morgan fingerprint density at radius 3 is 0.836 bits per heavy atom. The number of ether oxygens (including phenoxy) is 3. The molecule has 0 aliphatic carbocycles. The van der Waals surface area contributed by atoms with Crippen LogP contribution in [0.25, 0.3) is 0 Å². The van der Waals surface area contributed by atoms with E-state index in [0.29, 0.717) is 19.3 Å². The van der Waals surface area contributed by atoms with Crippen LogP contribution in [-0.4, -0.2) is 37.2 Å². The summed E-state index contributed by atoms with van der Waals surface area (Å²) in [6.45, 7) is 6.38. The second-order valence-corrected chi connectivity index (χ2v) is 19.5. The van der Waals surface area contributed by atoms with Crippen LogP contribution in [0, 0.1) is 0 Å². The van der Waals surface area contributed by atoms with E-state index in [0.717, 1.165) is 141 Å². The van der Waals surface area contributed by atoms with Crippen molar-refractivity contribution in [2.24, 2.45) is 0 Å². The Kier molecular flexibility index (Phi) is 56.9. The Hall–Kier alpha value is -4.19. The van der Waals surface area contributed by atoms with Crippen molar-refractivity contribution in [3.63, 3.8) is 0 Å². The van der Waals surface area contributed by atoms with Gasteiger partial charge in [-0.3, -0.25) is 14.4 Å². The van der Waals surface area contributed by atoms with Crippen molar-refractivity contribution in [2.75, 3.05) is 13.2 Å². The second kappa shape index (κ2) is 60.4. The predicted molar refractivity (Wildman–Crippen MR) is 316 cm³/mol. The Morgan fingerprint density at radius 2 is 0.534 bits per heavy atom. The molecule has 0 spiro atoms. The van der Waals surface area contributed by atoms with Crippen LogP contribution in [0.15, 0.2) is 122 Å². The van der Waals surface area contributed by atoms with Crippen LogP contribution in [-0.2, 0) is 28.6 Å². The van der Waals surface area contributed by atoms with Gasteiger partial charge >= 0.3 is 17.9 Å². The fourth-order valence-corrected chi connectivity index (χ4v) is 8.03. The first-order valence-corrected chi connectivity index (χ1v) is 30.0. The molecule has 1 unspecified atom stereocenters. The Labute approximate surface area is 450 Å². The number of allylic oxidation sites excluding steroid dienone is 20. The van der Waals surface area contributed by atoms with Gasteiger partial charge < -0.3 is 14.2 Å². The maximum Gasteiger partial charge on any atom is 0.306 e. The van der Waals surface area contributed by atoms with E-state index >= 15 is 0 Å². The molecule has 0 rings (SSSR count). The number of carbonyl (C=O) groups is 3. The first-order valence-electron chi connectivity index (χ1n) is 30.0. The van der Waals surface area contributed by atoms with E-state index in [9.17, 15) is 14.4 Å². The zero-order valence-electron chi connectivity index (χ0n) is 47.4. The fourth-order valence-electron chi connectivity index (χ4n) is 8.03. The highest BCUT2D eigenvalue weighted by molar-refractivity contribution is 5.71. The molecule has 6 nitrogen and oxygen atoms in total. The number of esters is 3. The molecule has 73 heavy (non-hydrogen) atoms. The highest BCUT2D eigenvalue weighted by Gasteiger charge is 2.19. The first-order chi connectivity index (χ1) is 36.0. The largest absolute Gasteiger partial charge is 0.462 e. The predicted octanol–water partition coefficient (Wildman–Crippen LogP) is 20.4. The second-order valence-electron chi connectivity index (χ2n) is 19.5. The quantitative estimate of drug-likeness (QED) is 0.0261. The summed E-state index contributed by atoms with van der Waals surface area (Å²) in [6, 6.07) is 0. The summed E-state index contributed by atoms with van der Waals surface area (Å²) in [5.74, 6) is -0.924. The molecule has 0 aliphatic rings. The van der Waals surface area contributed by atoms with Gasteiger partial charge in [0.05, 0.1) is 0 Å². The molecule has 0 aromatic rings. The molecule has 0 saturated carbocycles. The van der Waals surface area contributed by atoms with Crippen molar-refractivity contribution < 1.29 is 28.6 Å². The van der Waals surface area contributed by atoms with Crippen LogP contribution in [0.4, 0.5) is 0 Å². The number of carbonyl (C=O) groups excluding carboxylic acids is 3. The smallest absolute Gasteiger partial charge is 0.306 e. The molecule has 0 fully saturated rings. The zero-order valence-corrected chi connectivity index (χ0v) is 47.4. The molecule has 1 atom stereocenters. The molecular weight excluding hydrogens is 901 g/mol. The summed E-state index contributed by atoms with van der Waals surface area (Å²) >= 11 is 0. The molecule has 0 heterocycles. The molecule has 0 radical (unpaired) electrons. The number of hydrogen-bond donors (Lipinski definition) is 0. The van der Waals surface area contributed by atoms with E-state index in [2.05, 4.69) is 142 Å². The minimum atomic E-state index is -0.796. The van der Waals surface area contributed by atoms with E-state index in [4.69, 9.17) is 14.2 Å². The minimum absolute atomic E-state index is 0.0911. The van der Waals surface area contributed by atoms with Gasteiger partial charge in [-0.1, -0.05) is 258 Å². The molecular formula is C67H110O6. The summed E-state index contributed by atoms with van der Waals surface area (Å²) in [5, 5.41) is 0. The molecule has 0 saturated heterocycles. The summed E-state index contributed by atoms with van der Waals surface area (Å²) in [7, 11) is 0. The average molecular weight is 1010 g/mol. The van der Waals surface area contributed by atoms with Gasteiger partial charge in [-0.2, -0.15) is 0 Å². The highest BCUT2D eigenvalue weighted by Crippen LogP contribution is 2.15. The Morgan fingerprint density at radius 1 is 0.288 bits per heavy atom. The van der Waals surface area contributed by atoms with Crippen LogP contribution < -0.4 is 0 Å². The van der Waals surface area contributed by atoms with E-state index in [1.807, 2.05) is 0 Å². The topological polar surface area (TPSA) is 78.9 Å². The fraction of sp³-hybridized carbons (Fsp3) is 0.657. The summed E-state index contributed by atoms with van der Waals surface area (Å²) in [4.78, 5) is 38.2.